The molecule has 2 aliphatic rings. The zero-order valence-corrected chi connectivity index (χ0v) is 17.9. The lowest BCUT2D eigenvalue weighted by Gasteiger charge is -2.36. The van der Waals surface area contributed by atoms with Gasteiger partial charge in [0.05, 0.1) is 19.8 Å². The van der Waals surface area contributed by atoms with Crippen LogP contribution < -0.4 is 15.0 Å². The number of anilines is 1. The van der Waals surface area contributed by atoms with E-state index in [4.69, 9.17) is 9.47 Å². The van der Waals surface area contributed by atoms with Gasteiger partial charge in [-0.15, -0.1) is 24.8 Å². The number of nitrogens with one attached hydrogen (secondary N) is 1. The van der Waals surface area contributed by atoms with E-state index in [1.807, 2.05) is 12.1 Å². The molecule has 4 nitrogen and oxygen atoms in total. The van der Waals surface area contributed by atoms with E-state index in [1.54, 1.807) is 7.11 Å². The molecule has 0 radical (unpaired) electrons. The maximum absolute atomic E-state index is 6.08. The first-order chi connectivity index (χ1) is 12.8. The summed E-state index contributed by atoms with van der Waals surface area (Å²) in [5.41, 5.74) is 4.12. The van der Waals surface area contributed by atoms with Crippen LogP contribution in [-0.2, 0) is 11.2 Å². The number of fused-ring (bicyclic) bond motifs is 1. The van der Waals surface area contributed by atoms with Crippen LogP contribution in [0.25, 0.3) is 0 Å². The van der Waals surface area contributed by atoms with Crippen LogP contribution in [-0.4, -0.2) is 39.4 Å². The Bertz CT molecular complexity index is 727. The summed E-state index contributed by atoms with van der Waals surface area (Å²) in [5.74, 6) is 0.911. The first-order valence-electron chi connectivity index (χ1n) is 9.65. The summed E-state index contributed by atoms with van der Waals surface area (Å²) in [6.45, 7) is 3.96. The minimum atomic E-state index is 0. The Morgan fingerprint density at radius 2 is 1.86 bits per heavy atom. The van der Waals surface area contributed by atoms with E-state index in [2.05, 4.69) is 46.6 Å². The summed E-state index contributed by atoms with van der Waals surface area (Å²) >= 11 is 0. The second-order valence-electron chi connectivity index (χ2n) is 7.18. The van der Waals surface area contributed by atoms with Gasteiger partial charge in [0.15, 0.2) is 0 Å². The molecule has 0 saturated carbocycles. The number of hydrogen-bond donors (Lipinski definition) is 1. The van der Waals surface area contributed by atoms with Crippen LogP contribution in [0.4, 0.5) is 5.69 Å². The molecular formula is C22H30Cl2N2O2. The summed E-state index contributed by atoms with van der Waals surface area (Å²) in [7, 11) is 1.71. The molecular weight excluding hydrogens is 395 g/mol. The van der Waals surface area contributed by atoms with Gasteiger partial charge < -0.3 is 19.7 Å². The van der Waals surface area contributed by atoms with Crippen molar-refractivity contribution in [3.05, 3.63) is 59.7 Å². The van der Waals surface area contributed by atoms with Crippen molar-refractivity contribution >= 4 is 30.5 Å². The van der Waals surface area contributed by atoms with Gasteiger partial charge in [-0.3, -0.25) is 0 Å². The maximum Gasteiger partial charge on any atom is 0.119 e. The van der Waals surface area contributed by atoms with E-state index in [0.29, 0.717) is 6.04 Å². The Morgan fingerprint density at radius 3 is 2.64 bits per heavy atom. The molecule has 2 atom stereocenters. The molecule has 1 fully saturated rings. The van der Waals surface area contributed by atoms with E-state index in [0.717, 1.165) is 51.3 Å². The highest BCUT2D eigenvalue weighted by molar-refractivity contribution is 5.85. The van der Waals surface area contributed by atoms with E-state index < -0.39 is 0 Å². The van der Waals surface area contributed by atoms with Crippen molar-refractivity contribution in [3.63, 3.8) is 0 Å². The summed E-state index contributed by atoms with van der Waals surface area (Å²) in [6.07, 6.45) is 3.49. The minimum absolute atomic E-state index is 0. The van der Waals surface area contributed by atoms with Crippen molar-refractivity contribution in [2.45, 2.75) is 31.4 Å². The molecule has 2 aromatic carbocycles. The number of rotatable bonds is 5. The van der Waals surface area contributed by atoms with Crippen LogP contribution in [0.2, 0.25) is 0 Å². The van der Waals surface area contributed by atoms with Crippen molar-refractivity contribution in [1.82, 2.24) is 5.32 Å². The van der Waals surface area contributed by atoms with E-state index >= 15 is 0 Å². The van der Waals surface area contributed by atoms with E-state index in [9.17, 15) is 0 Å². The fraction of sp³-hybridized carbons (Fsp3) is 0.455. The number of piperazine rings is 1. The number of hydrogen-bond acceptors (Lipinski definition) is 4. The highest BCUT2D eigenvalue weighted by Gasteiger charge is 2.24. The Hall–Kier alpha value is -1.46. The highest BCUT2D eigenvalue weighted by Crippen LogP contribution is 2.31. The van der Waals surface area contributed by atoms with Gasteiger partial charge in [0, 0.05) is 31.4 Å². The molecule has 28 heavy (non-hydrogen) atoms. The predicted molar refractivity (Wildman–Crippen MR) is 120 cm³/mol. The Kier molecular flexibility index (Phi) is 8.90. The van der Waals surface area contributed by atoms with Gasteiger partial charge in [-0.2, -0.15) is 0 Å². The van der Waals surface area contributed by atoms with Crippen LogP contribution in [0.3, 0.4) is 0 Å². The molecule has 0 aliphatic carbocycles. The minimum Gasteiger partial charge on any atom is -0.497 e. The molecule has 2 unspecified atom stereocenters. The van der Waals surface area contributed by atoms with Crippen molar-refractivity contribution in [2.75, 3.05) is 38.3 Å². The lowest BCUT2D eigenvalue weighted by Crippen LogP contribution is -2.50. The molecule has 4 rings (SSSR count). The molecule has 154 valence electrons. The SMILES string of the molecule is COc1ccc(N2CCNC(CCC3OCCc4ccccc43)C2)cc1.Cl.Cl. The Labute approximate surface area is 180 Å². The second kappa shape index (κ2) is 10.9. The molecule has 6 heteroatoms. The predicted octanol–water partition coefficient (Wildman–Crippen LogP) is 4.41. The molecule has 1 N–H and O–H groups in total. The molecule has 0 amide bonds. The second-order valence-corrected chi connectivity index (χ2v) is 7.18. The third kappa shape index (κ3) is 5.32. The summed E-state index contributed by atoms with van der Waals surface area (Å²) in [4.78, 5) is 2.47. The first kappa shape index (κ1) is 22.8. The van der Waals surface area contributed by atoms with Gasteiger partial charge in [-0.25, -0.2) is 0 Å². The third-order valence-electron chi connectivity index (χ3n) is 5.56. The molecule has 2 heterocycles. The Morgan fingerprint density at radius 1 is 1.07 bits per heavy atom. The van der Waals surface area contributed by atoms with Gasteiger partial charge in [0.1, 0.15) is 5.75 Å². The van der Waals surface area contributed by atoms with Crippen LogP contribution in [0, 0.1) is 0 Å². The standard InChI is InChI=1S/C22H28N2O2.2ClH/c1-25-20-9-7-19(8-10-20)24-14-13-23-18(16-24)6-11-22-21-5-3-2-4-17(21)12-15-26-22;;/h2-5,7-10,18,22-23H,6,11-16H2,1H3;2*1H. The van der Waals surface area contributed by atoms with Crippen molar-refractivity contribution in [3.8, 4) is 5.75 Å². The summed E-state index contributed by atoms with van der Waals surface area (Å²) in [6, 6.07) is 17.6. The normalized spacial score (nSPS) is 21.1. The van der Waals surface area contributed by atoms with E-state index in [1.165, 1.54) is 16.8 Å². The monoisotopic (exact) mass is 424 g/mol. The molecule has 1 saturated heterocycles. The highest BCUT2D eigenvalue weighted by atomic mass is 35.5. The number of benzene rings is 2. The largest absolute Gasteiger partial charge is 0.497 e. The fourth-order valence-corrected chi connectivity index (χ4v) is 4.11. The fourth-order valence-electron chi connectivity index (χ4n) is 4.11. The molecule has 2 aliphatic heterocycles. The van der Waals surface area contributed by atoms with Gasteiger partial charge in [-0.1, -0.05) is 24.3 Å². The number of ether oxygens (including phenoxy) is 2. The smallest absolute Gasteiger partial charge is 0.119 e. The topological polar surface area (TPSA) is 33.7 Å². The maximum atomic E-state index is 6.08. The van der Waals surface area contributed by atoms with Gasteiger partial charge in [-0.05, 0) is 54.7 Å². The van der Waals surface area contributed by atoms with Crippen LogP contribution in [0.1, 0.15) is 30.1 Å². The van der Waals surface area contributed by atoms with Gasteiger partial charge in [0.2, 0.25) is 0 Å². The van der Waals surface area contributed by atoms with E-state index in [-0.39, 0.29) is 30.9 Å². The van der Waals surface area contributed by atoms with Gasteiger partial charge >= 0.3 is 0 Å². The lowest BCUT2D eigenvalue weighted by atomic mass is 9.93. The van der Waals surface area contributed by atoms with Gasteiger partial charge in [0.25, 0.3) is 0 Å². The van der Waals surface area contributed by atoms with Crippen LogP contribution in [0.5, 0.6) is 5.75 Å². The number of nitrogens with zero attached hydrogens (tertiary/aromatic N) is 1. The average molecular weight is 425 g/mol. The molecule has 0 aromatic heterocycles. The number of halogens is 2. The molecule has 0 spiro atoms. The quantitative estimate of drug-likeness (QED) is 0.770. The molecule has 0 bridgehead atoms. The summed E-state index contributed by atoms with van der Waals surface area (Å²) in [5, 5.41) is 3.68. The zero-order valence-electron chi connectivity index (χ0n) is 16.3. The lowest BCUT2D eigenvalue weighted by molar-refractivity contribution is 0.0333. The van der Waals surface area contributed by atoms with Crippen LogP contribution in [0.15, 0.2) is 48.5 Å². The summed E-state index contributed by atoms with van der Waals surface area (Å²) < 4.78 is 11.3. The zero-order chi connectivity index (χ0) is 17.8. The van der Waals surface area contributed by atoms with Crippen molar-refractivity contribution in [1.29, 1.82) is 0 Å². The van der Waals surface area contributed by atoms with Crippen molar-refractivity contribution < 1.29 is 9.47 Å². The average Bonchev–Trinajstić information content (AvgIpc) is 2.72. The Balaban J connectivity index is 0.00000140. The molecule has 2 aromatic rings. The number of methoxy groups -OCH3 is 1. The third-order valence-corrected chi connectivity index (χ3v) is 5.56. The first-order valence-corrected chi connectivity index (χ1v) is 9.65. The van der Waals surface area contributed by atoms with Crippen molar-refractivity contribution in [2.24, 2.45) is 0 Å². The van der Waals surface area contributed by atoms with Crippen LogP contribution >= 0.6 is 24.8 Å².